The fourth-order valence-electron chi connectivity index (χ4n) is 14.6. The molecule has 0 bridgehead atoms. The van der Waals surface area contributed by atoms with E-state index in [9.17, 15) is 61.0 Å². The van der Waals surface area contributed by atoms with Crippen LogP contribution in [-0.2, 0) is 33.2 Å². The van der Waals surface area contributed by atoms with E-state index in [1.54, 1.807) is 6.08 Å². The van der Waals surface area contributed by atoms with Crippen LogP contribution in [-0.4, -0.2) is 193 Å². The molecule has 0 spiro atoms. The summed E-state index contributed by atoms with van der Waals surface area (Å²) >= 11 is 0. The van der Waals surface area contributed by atoms with Gasteiger partial charge in [-0.3, -0.25) is 4.79 Å². The second-order valence-electron chi connectivity index (χ2n) is 31.7. The Morgan fingerprint density at radius 3 is 0.956 bits per heavy atom. The Balaban J connectivity index is 1.33. The normalized spacial score (nSPS) is 25.4. The SMILES string of the molecule is CC/C=C\C/C=C\C/C=C\C/C=C\C/C=C\C/C=C\C/C=C\C/C=C\C/C=C\CCCCCCCCCCCCCC(=O)NC(COC1OC(CO)C(OC2OC(CO)C(OC3OC(CO)C(O)C(O)C3O)C(O)C2O)C(O)C1O)C(O)/C=C/CCCCCCCCCCCCCCCCCCCCCCCCCCCCC. The monoisotopic (exact) mass is 1590 g/mol. The first kappa shape index (κ1) is 103. The number of hydrogen-bond donors (Lipinski definition) is 12. The minimum atomic E-state index is -1.98. The predicted molar refractivity (Wildman–Crippen MR) is 457 cm³/mol. The van der Waals surface area contributed by atoms with Crippen LogP contribution in [0.1, 0.15) is 335 Å². The molecule has 0 aliphatic carbocycles. The predicted octanol–water partition coefficient (Wildman–Crippen LogP) is 17.4. The number of unbranched alkanes of at least 4 members (excludes halogenated alkanes) is 38. The Kier molecular flexibility index (Phi) is 66.1. The summed E-state index contributed by atoms with van der Waals surface area (Å²) in [6.07, 6.45) is 76.2. The molecule has 113 heavy (non-hydrogen) atoms. The zero-order valence-electron chi connectivity index (χ0n) is 70.3. The van der Waals surface area contributed by atoms with Crippen LogP contribution >= 0.6 is 0 Å². The second kappa shape index (κ2) is 72.2. The molecular formula is C94H163NO18. The van der Waals surface area contributed by atoms with Gasteiger partial charge in [0.1, 0.15) is 73.2 Å². The largest absolute Gasteiger partial charge is 0.394 e. The summed E-state index contributed by atoms with van der Waals surface area (Å²) < 4.78 is 34.5. The molecule has 17 atom stereocenters. The van der Waals surface area contributed by atoms with Crippen molar-refractivity contribution in [2.75, 3.05) is 26.4 Å². The molecular weight excluding hydrogens is 1430 g/mol. The first-order chi connectivity index (χ1) is 55.3. The highest BCUT2D eigenvalue weighted by molar-refractivity contribution is 5.76. The average molecular weight is 1600 g/mol. The van der Waals surface area contributed by atoms with Gasteiger partial charge >= 0.3 is 0 Å². The number of hydrogen-bond acceptors (Lipinski definition) is 18. The molecule has 3 heterocycles. The number of allylic oxidation sites excluding steroid dienone is 19. The molecule has 3 saturated heterocycles. The van der Waals surface area contributed by atoms with E-state index >= 15 is 0 Å². The molecule has 0 aromatic heterocycles. The topological polar surface area (TPSA) is 307 Å². The molecule has 652 valence electrons. The highest BCUT2D eigenvalue weighted by atomic mass is 16.8. The van der Waals surface area contributed by atoms with E-state index < -0.39 is 124 Å². The number of ether oxygens (including phenoxy) is 6. The van der Waals surface area contributed by atoms with Crippen LogP contribution in [0.2, 0.25) is 0 Å². The van der Waals surface area contributed by atoms with E-state index in [0.29, 0.717) is 6.42 Å². The molecule has 3 rings (SSSR count). The number of aliphatic hydroxyl groups is 11. The van der Waals surface area contributed by atoms with Gasteiger partial charge in [-0.1, -0.05) is 360 Å². The average Bonchev–Trinajstić information content (AvgIpc) is 0.780. The lowest BCUT2D eigenvalue weighted by Crippen LogP contribution is -2.66. The molecule has 1 amide bonds. The van der Waals surface area contributed by atoms with Gasteiger partial charge in [0.15, 0.2) is 18.9 Å². The zero-order valence-corrected chi connectivity index (χ0v) is 70.3. The summed E-state index contributed by atoms with van der Waals surface area (Å²) in [4.78, 5) is 13.5. The summed E-state index contributed by atoms with van der Waals surface area (Å²) in [7, 11) is 0. The Hall–Kier alpha value is -3.81. The minimum absolute atomic E-state index is 0.233. The molecule has 19 nitrogen and oxygen atoms in total. The number of amides is 1. The van der Waals surface area contributed by atoms with E-state index in [-0.39, 0.29) is 18.9 Å². The van der Waals surface area contributed by atoms with Gasteiger partial charge in [-0.25, -0.2) is 0 Å². The fraction of sp³-hybridized carbons (Fsp3) is 0.777. The van der Waals surface area contributed by atoms with E-state index in [2.05, 4.69) is 129 Å². The van der Waals surface area contributed by atoms with Crippen LogP contribution in [0.5, 0.6) is 0 Å². The highest BCUT2D eigenvalue weighted by Crippen LogP contribution is 2.33. The number of nitrogens with one attached hydrogen (secondary N) is 1. The van der Waals surface area contributed by atoms with Crippen LogP contribution in [0.4, 0.5) is 0 Å². The molecule has 0 aromatic rings. The van der Waals surface area contributed by atoms with Gasteiger partial charge in [0, 0.05) is 6.42 Å². The number of aliphatic hydroxyl groups excluding tert-OH is 11. The zero-order chi connectivity index (χ0) is 81.7. The first-order valence-electron chi connectivity index (χ1n) is 45.3. The summed E-state index contributed by atoms with van der Waals surface area (Å²) in [5.41, 5.74) is 0. The van der Waals surface area contributed by atoms with E-state index in [1.807, 2.05) is 6.08 Å². The maximum atomic E-state index is 13.5. The summed E-state index contributed by atoms with van der Waals surface area (Å²) in [5.74, 6) is -0.279. The molecule has 3 aliphatic heterocycles. The third-order valence-corrected chi connectivity index (χ3v) is 21.8. The third-order valence-electron chi connectivity index (χ3n) is 21.8. The van der Waals surface area contributed by atoms with Gasteiger partial charge in [-0.2, -0.15) is 0 Å². The Bertz CT molecular complexity index is 2510. The van der Waals surface area contributed by atoms with Crippen molar-refractivity contribution in [2.45, 2.75) is 439 Å². The third kappa shape index (κ3) is 50.7. The van der Waals surface area contributed by atoms with Gasteiger partial charge < -0.3 is 89.9 Å². The maximum Gasteiger partial charge on any atom is 0.220 e. The molecule has 12 N–H and O–H groups in total. The van der Waals surface area contributed by atoms with Crippen molar-refractivity contribution >= 4 is 5.91 Å². The Morgan fingerprint density at radius 1 is 0.327 bits per heavy atom. The lowest BCUT2D eigenvalue weighted by Gasteiger charge is -2.48. The van der Waals surface area contributed by atoms with Gasteiger partial charge in [-0.05, 0) is 89.9 Å². The van der Waals surface area contributed by atoms with Crippen LogP contribution in [0.3, 0.4) is 0 Å². The molecule has 0 radical (unpaired) electrons. The van der Waals surface area contributed by atoms with E-state index in [1.165, 1.54) is 193 Å². The summed E-state index contributed by atoms with van der Waals surface area (Å²) in [6, 6.07) is -0.985. The standard InChI is InChI=1S/C94H163NO18/c1-3-5-7-9-11-13-15-17-19-21-23-25-27-29-31-33-34-35-36-37-38-39-40-41-42-44-46-48-50-52-54-56-58-60-62-64-66-68-70-72-82(100)95-77(78(99)71-69-67-65-63-61-59-57-55-53-51-49-47-45-43-32-30-28-26-24-22-20-18-16-14-12-10-8-6-4-2)76-108-92-88(106)85(103)90(80(74-97)110-92)113-94-89(107)86(104)91(81(75-98)111-94)112-93-87(105)84(102)83(101)79(73-96)109-93/h5,7,11,13,17,19,23,25,29,31,34-35,37-38,40-41,44,46,69,71,77-81,83-94,96-99,101-107H,3-4,6,8-10,12,14-16,18,20-22,24,26-28,30,32-33,36,39,42-43,45,47-68,70,72-76H2,1-2H3,(H,95,100)/b7-5-,13-11-,19-17-,25-23-,31-29-,35-34-,38-37-,41-40-,46-44-,71-69+. The number of carbonyl (C=O) groups excluding carboxylic acids is 1. The van der Waals surface area contributed by atoms with E-state index in [0.717, 1.165) is 116 Å². The van der Waals surface area contributed by atoms with Gasteiger partial charge in [0.2, 0.25) is 5.91 Å². The number of carbonyl (C=O) groups is 1. The quantitative estimate of drug-likeness (QED) is 0.0199. The first-order valence-corrected chi connectivity index (χ1v) is 45.3. The molecule has 3 fully saturated rings. The molecule has 0 aromatic carbocycles. The van der Waals surface area contributed by atoms with Crippen molar-refractivity contribution in [1.82, 2.24) is 5.32 Å². The Morgan fingerprint density at radius 2 is 0.611 bits per heavy atom. The molecule has 0 saturated carbocycles. The maximum absolute atomic E-state index is 13.5. The minimum Gasteiger partial charge on any atom is -0.394 e. The highest BCUT2D eigenvalue weighted by Gasteiger charge is 2.54. The molecule has 17 unspecified atom stereocenters. The van der Waals surface area contributed by atoms with Gasteiger partial charge in [0.05, 0.1) is 38.6 Å². The second-order valence-corrected chi connectivity index (χ2v) is 31.7. The van der Waals surface area contributed by atoms with Crippen molar-refractivity contribution in [1.29, 1.82) is 0 Å². The van der Waals surface area contributed by atoms with Crippen molar-refractivity contribution in [3.63, 3.8) is 0 Å². The van der Waals surface area contributed by atoms with Gasteiger partial charge in [0.25, 0.3) is 0 Å². The van der Waals surface area contributed by atoms with Gasteiger partial charge in [-0.15, -0.1) is 0 Å². The fourth-order valence-corrected chi connectivity index (χ4v) is 14.6. The van der Waals surface area contributed by atoms with Crippen LogP contribution in [0.15, 0.2) is 122 Å². The smallest absolute Gasteiger partial charge is 0.220 e. The van der Waals surface area contributed by atoms with Crippen LogP contribution in [0, 0.1) is 0 Å². The van der Waals surface area contributed by atoms with E-state index in [4.69, 9.17) is 28.4 Å². The van der Waals surface area contributed by atoms with Crippen LogP contribution < -0.4 is 5.32 Å². The molecule has 19 heteroatoms. The van der Waals surface area contributed by atoms with Crippen molar-refractivity contribution in [2.24, 2.45) is 0 Å². The lowest BCUT2D eigenvalue weighted by molar-refractivity contribution is -0.379. The van der Waals surface area contributed by atoms with Crippen molar-refractivity contribution in [3.8, 4) is 0 Å². The van der Waals surface area contributed by atoms with Crippen LogP contribution in [0.25, 0.3) is 0 Å². The lowest BCUT2D eigenvalue weighted by atomic mass is 9.96. The summed E-state index contributed by atoms with van der Waals surface area (Å²) in [6.45, 7) is 1.65. The van der Waals surface area contributed by atoms with Crippen molar-refractivity contribution < 1.29 is 89.4 Å². The molecule has 3 aliphatic rings. The number of rotatable bonds is 72. The van der Waals surface area contributed by atoms with Crippen molar-refractivity contribution in [3.05, 3.63) is 122 Å². The summed E-state index contributed by atoms with van der Waals surface area (Å²) in [5, 5.41) is 121. The Labute approximate surface area is 684 Å².